The molecule has 0 aliphatic carbocycles. The highest BCUT2D eigenvalue weighted by molar-refractivity contribution is 5.97. The summed E-state index contributed by atoms with van der Waals surface area (Å²) in [4.78, 5) is 51.9. The van der Waals surface area contributed by atoms with Gasteiger partial charge in [0.15, 0.2) is 12.4 Å². The second-order valence-corrected chi connectivity index (χ2v) is 12.3. The van der Waals surface area contributed by atoms with Crippen LogP contribution in [-0.2, 0) is 31.5 Å². The second-order valence-electron chi connectivity index (χ2n) is 12.3. The number of ether oxygens (including phenoxy) is 1. The van der Waals surface area contributed by atoms with Gasteiger partial charge in [-0.2, -0.15) is 26.3 Å². The summed E-state index contributed by atoms with van der Waals surface area (Å²) < 4.78 is 85.9. The molecule has 0 aliphatic rings. The highest BCUT2D eigenvalue weighted by Crippen LogP contribution is 2.39. The number of hydrogen-bond acceptors (Lipinski definition) is 6. The molecule has 2 amide bonds. The van der Waals surface area contributed by atoms with E-state index in [4.69, 9.17) is 10.5 Å². The van der Waals surface area contributed by atoms with Gasteiger partial charge in [0, 0.05) is 6.42 Å². The molecule has 0 fully saturated rings. The predicted octanol–water partition coefficient (Wildman–Crippen LogP) is 8.05. The summed E-state index contributed by atoms with van der Waals surface area (Å²) in [6.45, 7) is 3.20. The van der Waals surface area contributed by atoms with Crippen LogP contribution in [0.2, 0.25) is 0 Å². The Hall–Kier alpha value is -3.16. The summed E-state index contributed by atoms with van der Waals surface area (Å²) in [7, 11) is 0. The third-order valence-corrected chi connectivity index (χ3v) is 8.13. The molecule has 1 rings (SSSR count). The van der Waals surface area contributed by atoms with Crippen molar-refractivity contribution in [3.63, 3.8) is 0 Å². The lowest BCUT2D eigenvalue weighted by atomic mass is 10.00. The van der Waals surface area contributed by atoms with Gasteiger partial charge in [0.1, 0.15) is 6.04 Å². The van der Waals surface area contributed by atoms with E-state index < -0.39 is 65.4 Å². The zero-order valence-corrected chi connectivity index (χ0v) is 28.7. The summed E-state index contributed by atoms with van der Waals surface area (Å²) >= 11 is 0. The van der Waals surface area contributed by atoms with E-state index >= 15 is 0 Å². The maximum atomic E-state index is 13.5. The standard InChI is InChI=1S/C35H53F6N3O5/c1-3-5-7-8-9-10-11-12-14-22-30(46)43-28(21-13-6-4-2)32(47)44-27(20-15-16-23-42)29(45)24-49-33(48)31-25(34(36,37)38)18-17-19-26(31)35(39,40)41/h17-19,27-28H,3-16,20-24,42H2,1-2H3,(H,43,46)(H,44,47)/t27-,28-/m0/s1. The minimum absolute atomic E-state index is 0.0142. The van der Waals surface area contributed by atoms with E-state index in [2.05, 4.69) is 17.6 Å². The summed E-state index contributed by atoms with van der Waals surface area (Å²) in [6, 6.07) is -1.13. The molecule has 0 aliphatic heterocycles. The third kappa shape index (κ3) is 17.4. The maximum absolute atomic E-state index is 13.5. The third-order valence-electron chi connectivity index (χ3n) is 8.13. The Kier molecular flexibility index (Phi) is 20.8. The van der Waals surface area contributed by atoms with E-state index in [1.165, 1.54) is 25.7 Å². The van der Waals surface area contributed by atoms with Crippen molar-refractivity contribution in [2.45, 2.75) is 147 Å². The van der Waals surface area contributed by atoms with Crippen molar-refractivity contribution in [1.29, 1.82) is 0 Å². The molecule has 4 N–H and O–H groups in total. The van der Waals surface area contributed by atoms with Gasteiger partial charge >= 0.3 is 18.3 Å². The Morgan fingerprint density at radius 2 is 1.18 bits per heavy atom. The number of halogens is 6. The summed E-state index contributed by atoms with van der Waals surface area (Å²) in [5, 5.41) is 5.30. The predicted molar refractivity (Wildman–Crippen MR) is 174 cm³/mol. The van der Waals surface area contributed by atoms with Gasteiger partial charge in [-0.05, 0) is 50.8 Å². The molecular weight excluding hydrogens is 656 g/mol. The highest BCUT2D eigenvalue weighted by atomic mass is 19.4. The number of nitrogens with one attached hydrogen (secondary N) is 2. The molecule has 1 aromatic rings. The number of unbranched alkanes of at least 4 members (excludes halogenated alkanes) is 11. The van der Waals surface area contributed by atoms with Gasteiger partial charge in [-0.3, -0.25) is 14.4 Å². The lowest BCUT2D eigenvalue weighted by molar-refractivity contribution is -0.144. The molecule has 14 heteroatoms. The van der Waals surface area contributed by atoms with E-state index in [1.807, 2.05) is 6.92 Å². The first-order valence-electron chi connectivity index (χ1n) is 17.4. The van der Waals surface area contributed by atoms with Crippen LogP contribution in [-0.4, -0.2) is 48.8 Å². The van der Waals surface area contributed by atoms with E-state index in [1.54, 1.807) is 0 Å². The topological polar surface area (TPSA) is 128 Å². The number of carbonyl (C=O) groups is 4. The van der Waals surface area contributed by atoms with Crippen LogP contribution in [0.25, 0.3) is 0 Å². The number of nitrogens with two attached hydrogens (primary N) is 1. The number of amides is 2. The van der Waals surface area contributed by atoms with Crippen LogP contribution >= 0.6 is 0 Å². The molecule has 8 nitrogen and oxygen atoms in total. The van der Waals surface area contributed by atoms with E-state index in [9.17, 15) is 45.5 Å². The highest BCUT2D eigenvalue weighted by Gasteiger charge is 2.43. The van der Waals surface area contributed by atoms with Gasteiger partial charge < -0.3 is 21.1 Å². The van der Waals surface area contributed by atoms with Crippen molar-refractivity contribution < 1.29 is 50.3 Å². The number of hydrogen-bond donors (Lipinski definition) is 3. The van der Waals surface area contributed by atoms with Crippen LogP contribution in [0, 0.1) is 0 Å². The quantitative estimate of drug-likeness (QED) is 0.0536. The van der Waals surface area contributed by atoms with E-state index in [0.717, 1.165) is 38.5 Å². The average Bonchev–Trinajstić information content (AvgIpc) is 3.04. The van der Waals surface area contributed by atoms with Gasteiger partial charge in [-0.25, -0.2) is 4.79 Å². The van der Waals surface area contributed by atoms with Crippen LogP contribution in [0.5, 0.6) is 0 Å². The average molecular weight is 710 g/mol. The summed E-state index contributed by atoms with van der Waals surface area (Å²) in [5.74, 6) is -3.91. The fourth-order valence-corrected chi connectivity index (χ4v) is 5.36. The molecule has 49 heavy (non-hydrogen) atoms. The number of esters is 1. The second kappa shape index (κ2) is 23.3. The monoisotopic (exact) mass is 709 g/mol. The largest absolute Gasteiger partial charge is 0.454 e. The van der Waals surface area contributed by atoms with Crippen LogP contribution in [0.4, 0.5) is 26.3 Å². The van der Waals surface area contributed by atoms with E-state index in [-0.39, 0.29) is 31.7 Å². The van der Waals surface area contributed by atoms with Gasteiger partial charge in [0.25, 0.3) is 0 Å². The first-order valence-corrected chi connectivity index (χ1v) is 17.4. The molecule has 0 heterocycles. The van der Waals surface area contributed by atoms with Crippen molar-refractivity contribution >= 4 is 23.6 Å². The molecule has 0 aromatic heterocycles. The number of carbonyl (C=O) groups excluding carboxylic acids is 4. The summed E-state index contributed by atoms with van der Waals surface area (Å²) in [6.07, 6.45) is 2.56. The summed E-state index contributed by atoms with van der Waals surface area (Å²) in [5.41, 5.74) is 0.0623. The molecule has 1 aromatic carbocycles. The Balaban J connectivity index is 2.96. The van der Waals surface area contributed by atoms with Crippen molar-refractivity contribution in [1.82, 2.24) is 10.6 Å². The molecule has 0 saturated carbocycles. The molecular formula is C35H53F6N3O5. The molecule has 0 spiro atoms. The fraction of sp³-hybridized carbons (Fsp3) is 0.714. The normalized spacial score (nSPS) is 13.1. The lowest BCUT2D eigenvalue weighted by Gasteiger charge is -2.23. The van der Waals surface area contributed by atoms with E-state index in [0.29, 0.717) is 43.9 Å². The van der Waals surface area contributed by atoms with Gasteiger partial charge in [0.05, 0.1) is 22.7 Å². The fourth-order valence-electron chi connectivity index (χ4n) is 5.36. The van der Waals surface area contributed by atoms with Crippen molar-refractivity contribution in [3.8, 4) is 0 Å². The SMILES string of the molecule is CCCCCCCCCCCC(=O)N[C@@H](CCCCC)C(=O)N[C@@H](CCCCN)C(=O)COC(=O)c1c(C(F)(F)F)cccc1C(F)(F)F. The number of alkyl halides is 6. The molecule has 2 atom stereocenters. The minimum atomic E-state index is -5.32. The lowest BCUT2D eigenvalue weighted by Crippen LogP contribution is -2.52. The Morgan fingerprint density at radius 1 is 0.694 bits per heavy atom. The molecule has 280 valence electrons. The van der Waals surface area contributed by atoms with Gasteiger partial charge in [-0.15, -0.1) is 0 Å². The van der Waals surface area contributed by atoms with Crippen LogP contribution in [0.3, 0.4) is 0 Å². The van der Waals surface area contributed by atoms with Crippen molar-refractivity contribution in [2.24, 2.45) is 5.73 Å². The molecule has 0 radical (unpaired) electrons. The number of rotatable bonds is 25. The first kappa shape index (κ1) is 43.9. The van der Waals surface area contributed by atoms with Gasteiger partial charge in [0.2, 0.25) is 11.8 Å². The van der Waals surface area contributed by atoms with Crippen molar-refractivity contribution in [3.05, 3.63) is 34.9 Å². The smallest absolute Gasteiger partial charge is 0.417 e. The number of benzene rings is 1. The Morgan fingerprint density at radius 3 is 1.71 bits per heavy atom. The molecule has 0 saturated heterocycles. The zero-order valence-electron chi connectivity index (χ0n) is 28.7. The zero-order chi connectivity index (χ0) is 36.9. The Labute approximate surface area is 285 Å². The maximum Gasteiger partial charge on any atom is 0.417 e. The number of Topliss-reactive ketones (excluding diaryl/α,β-unsaturated/α-hetero) is 1. The van der Waals surface area contributed by atoms with Crippen LogP contribution < -0.4 is 16.4 Å². The Bertz CT molecular complexity index is 1130. The molecule has 0 bridgehead atoms. The van der Waals surface area contributed by atoms with Crippen LogP contribution in [0.1, 0.15) is 144 Å². The van der Waals surface area contributed by atoms with Gasteiger partial charge in [-0.1, -0.05) is 90.5 Å². The molecule has 0 unspecified atom stereocenters. The first-order chi connectivity index (χ1) is 23.2. The minimum Gasteiger partial charge on any atom is -0.454 e. The van der Waals surface area contributed by atoms with Crippen molar-refractivity contribution in [2.75, 3.05) is 13.2 Å². The number of ketones is 1. The van der Waals surface area contributed by atoms with Crippen LogP contribution in [0.15, 0.2) is 18.2 Å².